The molecule has 0 aliphatic carbocycles. The first-order chi connectivity index (χ1) is 11.8. The van der Waals surface area contributed by atoms with Gasteiger partial charge in [-0.3, -0.25) is 4.79 Å². The molecule has 0 atom stereocenters. The number of ether oxygens (including phenoxy) is 1. The van der Waals surface area contributed by atoms with E-state index in [1.54, 1.807) is 12.1 Å². The summed E-state index contributed by atoms with van der Waals surface area (Å²) < 4.78 is 6.93. The molecule has 0 fully saturated rings. The monoisotopic (exact) mass is 319 g/mol. The molecule has 2 heterocycles. The maximum Gasteiger partial charge on any atom is 0.280 e. The Morgan fingerprint density at radius 3 is 2.58 bits per heavy atom. The SMILES string of the molecule is COc1ccc(C(=O)N=c2ccccn2Cc2ccccc2)cn1. The molecule has 0 aliphatic heterocycles. The predicted molar refractivity (Wildman–Crippen MR) is 90.7 cm³/mol. The van der Waals surface area contributed by atoms with E-state index in [-0.39, 0.29) is 5.91 Å². The molecule has 24 heavy (non-hydrogen) atoms. The number of rotatable bonds is 4. The van der Waals surface area contributed by atoms with Crippen LogP contribution >= 0.6 is 0 Å². The number of aromatic nitrogens is 2. The minimum Gasteiger partial charge on any atom is -0.481 e. The Kier molecular flexibility index (Phi) is 4.81. The van der Waals surface area contributed by atoms with Crippen LogP contribution in [-0.4, -0.2) is 22.6 Å². The molecule has 0 N–H and O–H groups in total. The van der Waals surface area contributed by atoms with E-state index in [4.69, 9.17) is 4.74 Å². The maximum absolute atomic E-state index is 12.4. The summed E-state index contributed by atoms with van der Waals surface area (Å²) in [5, 5.41) is 0. The van der Waals surface area contributed by atoms with Gasteiger partial charge in [-0.15, -0.1) is 0 Å². The van der Waals surface area contributed by atoms with Gasteiger partial charge in [0.1, 0.15) is 5.49 Å². The van der Waals surface area contributed by atoms with E-state index < -0.39 is 0 Å². The van der Waals surface area contributed by atoms with Crippen LogP contribution in [0.2, 0.25) is 0 Å². The molecule has 0 aliphatic rings. The van der Waals surface area contributed by atoms with Gasteiger partial charge in [0.05, 0.1) is 12.7 Å². The molecule has 0 saturated heterocycles. The molecule has 1 aromatic carbocycles. The molecule has 3 rings (SSSR count). The molecular formula is C19H17N3O2. The first kappa shape index (κ1) is 15.7. The second kappa shape index (κ2) is 7.37. The normalized spacial score (nSPS) is 11.3. The van der Waals surface area contributed by atoms with Gasteiger partial charge < -0.3 is 9.30 Å². The first-order valence-electron chi connectivity index (χ1n) is 7.55. The van der Waals surface area contributed by atoms with Crippen LogP contribution in [0.4, 0.5) is 0 Å². The lowest BCUT2D eigenvalue weighted by Gasteiger charge is -2.07. The van der Waals surface area contributed by atoms with Gasteiger partial charge in [-0.05, 0) is 23.8 Å². The number of pyridine rings is 2. The van der Waals surface area contributed by atoms with Crippen molar-refractivity contribution in [2.24, 2.45) is 4.99 Å². The zero-order chi connectivity index (χ0) is 16.8. The van der Waals surface area contributed by atoms with E-state index in [1.807, 2.05) is 59.3 Å². The van der Waals surface area contributed by atoms with Crippen molar-refractivity contribution in [2.45, 2.75) is 6.54 Å². The summed E-state index contributed by atoms with van der Waals surface area (Å²) >= 11 is 0. The van der Waals surface area contributed by atoms with Crippen molar-refractivity contribution < 1.29 is 9.53 Å². The fourth-order valence-electron chi connectivity index (χ4n) is 2.28. The van der Waals surface area contributed by atoms with Crippen LogP contribution in [0, 0.1) is 0 Å². The zero-order valence-electron chi connectivity index (χ0n) is 13.3. The van der Waals surface area contributed by atoms with Gasteiger partial charge >= 0.3 is 0 Å². The fourth-order valence-corrected chi connectivity index (χ4v) is 2.28. The van der Waals surface area contributed by atoms with Crippen molar-refractivity contribution in [3.05, 3.63) is 89.7 Å². The summed E-state index contributed by atoms with van der Waals surface area (Å²) in [6.45, 7) is 0.647. The van der Waals surface area contributed by atoms with Crippen molar-refractivity contribution in [2.75, 3.05) is 7.11 Å². The van der Waals surface area contributed by atoms with Gasteiger partial charge in [-0.1, -0.05) is 36.4 Å². The van der Waals surface area contributed by atoms with Crippen molar-refractivity contribution >= 4 is 5.91 Å². The van der Waals surface area contributed by atoms with Crippen LogP contribution in [0.3, 0.4) is 0 Å². The number of carbonyl (C=O) groups excluding carboxylic acids is 1. The number of hydrogen-bond donors (Lipinski definition) is 0. The number of benzene rings is 1. The van der Waals surface area contributed by atoms with Crippen LogP contribution in [0.5, 0.6) is 5.88 Å². The fraction of sp³-hybridized carbons (Fsp3) is 0.105. The lowest BCUT2D eigenvalue weighted by Crippen LogP contribution is -2.22. The van der Waals surface area contributed by atoms with Crippen molar-refractivity contribution in [1.82, 2.24) is 9.55 Å². The van der Waals surface area contributed by atoms with Crippen molar-refractivity contribution in [3.8, 4) is 5.88 Å². The third kappa shape index (κ3) is 3.76. The van der Waals surface area contributed by atoms with E-state index in [0.29, 0.717) is 23.5 Å². The topological polar surface area (TPSA) is 56.5 Å². The molecule has 3 aromatic rings. The molecule has 5 nitrogen and oxygen atoms in total. The van der Waals surface area contributed by atoms with E-state index >= 15 is 0 Å². The van der Waals surface area contributed by atoms with E-state index in [2.05, 4.69) is 9.98 Å². The number of methoxy groups -OCH3 is 1. The molecule has 0 spiro atoms. The molecule has 120 valence electrons. The predicted octanol–water partition coefficient (Wildman–Crippen LogP) is 2.68. The second-order valence-electron chi connectivity index (χ2n) is 5.18. The quantitative estimate of drug-likeness (QED) is 0.743. The maximum atomic E-state index is 12.4. The average molecular weight is 319 g/mol. The molecule has 5 heteroatoms. The molecule has 0 radical (unpaired) electrons. The minimum atomic E-state index is -0.335. The van der Waals surface area contributed by atoms with Gasteiger partial charge in [0, 0.05) is 25.0 Å². The lowest BCUT2D eigenvalue weighted by atomic mass is 10.2. The molecule has 1 amide bonds. The van der Waals surface area contributed by atoms with Gasteiger partial charge in [-0.2, -0.15) is 4.99 Å². The Labute approximate surface area is 139 Å². The number of carbonyl (C=O) groups is 1. The smallest absolute Gasteiger partial charge is 0.280 e. The van der Waals surface area contributed by atoms with Gasteiger partial charge in [0.25, 0.3) is 5.91 Å². The van der Waals surface area contributed by atoms with Crippen LogP contribution in [-0.2, 0) is 6.54 Å². The van der Waals surface area contributed by atoms with Crippen molar-refractivity contribution in [1.29, 1.82) is 0 Å². The Morgan fingerprint density at radius 2 is 1.88 bits per heavy atom. The average Bonchev–Trinajstić information content (AvgIpc) is 2.64. The van der Waals surface area contributed by atoms with Crippen LogP contribution in [0.1, 0.15) is 15.9 Å². The molecule has 0 bridgehead atoms. The summed E-state index contributed by atoms with van der Waals surface area (Å²) in [4.78, 5) is 20.6. The number of amides is 1. The Hall–Kier alpha value is -3.21. The standard InChI is InChI=1S/C19H17N3O2/c1-24-18-11-10-16(13-20-18)19(23)21-17-9-5-6-12-22(17)14-15-7-3-2-4-8-15/h2-13H,14H2,1H3. The second-order valence-corrected chi connectivity index (χ2v) is 5.18. The van der Waals surface area contributed by atoms with Gasteiger partial charge in [-0.25, -0.2) is 4.98 Å². The third-order valence-electron chi connectivity index (χ3n) is 3.52. The third-order valence-corrected chi connectivity index (χ3v) is 3.52. The van der Waals surface area contributed by atoms with Crippen LogP contribution in [0.25, 0.3) is 0 Å². The van der Waals surface area contributed by atoms with Crippen LogP contribution < -0.4 is 10.2 Å². The summed E-state index contributed by atoms with van der Waals surface area (Å²) in [7, 11) is 1.53. The van der Waals surface area contributed by atoms with Gasteiger partial charge in [0.15, 0.2) is 0 Å². The van der Waals surface area contributed by atoms with Crippen molar-refractivity contribution in [3.63, 3.8) is 0 Å². The summed E-state index contributed by atoms with van der Waals surface area (Å²) in [6, 6.07) is 18.9. The summed E-state index contributed by atoms with van der Waals surface area (Å²) in [6.07, 6.45) is 3.38. The van der Waals surface area contributed by atoms with Crippen LogP contribution in [0.15, 0.2) is 78.0 Å². The van der Waals surface area contributed by atoms with Gasteiger partial charge in [0.2, 0.25) is 5.88 Å². The molecule has 0 unspecified atom stereocenters. The first-order valence-corrected chi connectivity index (χ1v) is 7.55. The highest BCUT2D eigenvalue weighted by atomic mass is 16.5. The largest absolute Gasteiger partial charge is 0.481 e. The number of hydrogen-bond acceptors (Lipinski definition) is 3. The Morgan fingerprint density at radius 1 is 1.08 bits per heavy atom. The zero-order valence-corrected chi connectivity index (χ0v) is 13.3. The lowest BCUT2D eigenvalue weighted by molar-refractivity contribution is 0.0996. The highest BCUT2D eigenvalue weighted by molar-refractivity contribution is 5.94. The molecule has 2 aromatic heterocycles. The van der Waals surface area contributed by atoms with E-state index in [1.165, 1.54) is 13.3 Å². The molecule has 0 saturated carbocycles. The number of nitrogens with zero attached hydrogens (tertiary/aromatic N) is 3. The van der Waals surface area contributed by atoms with E-state index in [0.717, 1.165) is 5.56 Å². The van der Waals surface area contributed by atoms with E-state index in [9.17, 15) is 4.79 Å². The molecular weight excluding hydrogens is 302 g/mol. The Balaban J connectivity index is 1.90. The summed E-state index contributed by atoms with van der Waals surface area (Å²) in [5.74, 6) is 0.128. The minimum absolute atomic E-state index is 0.335. The Bertz CT molecular complexity index is 884. The summed E-state index contributed by atoms with van der Waals surface area (Å²) in [5.41, 5.74) is 2.16. The highest BCUT2D eigenvalue weighted by Crippen LogP contribution is 2.07. The highest BCUT2D eigenvalue weighted by Gasteiger charge is 2.05.